The van der Waals surface area contributed by atoms with Gasteiger partial charge in [0.1, 0.15) is 19.0 Å². The number of nitrogens with zero attached hydrogens (tertiary/aromatic N) is 4. The minimum absolute atomic E-state index is 0.253. The second-order valence-electron chi connectivity index (χ2n) is 5.48. The van der Waals surface area contributed by atoms with Crippen molar-refractivity contribution in [1.82, 2.24) is 14.8 Å². The molecule has 27 heavy (non-hydrogen) atoms. The van der Waals surface area contributed by atoms with Gasteiger partial charge in [-0.15, -0.1) is 0 Å². The molecule has 0 amide bonds. The molecule has 0 N–H and O–H groups in total. The Morgan fingerprint density at radius 3 is 2.81 bits per heavy atom. The van der Waals surface area contributed by atoms with Gasteiger partial charge in [0.25, 0.3) is 0 Å². The fraction of sp³-hybridized carbons (Fsp3) is 0.211. The highest BCUT2D eigenvalue weighted by Gasteiger charge is 2.11. The summed E-state index contributed by atoms with van der Waals surface area (Å²) in [4.78, 5) is 4.24. The van der Waals surface area contributed by atoms with Crippen LogP contribution in [0.5, 0.6) is 11.6 Å². The number of methoxy groups -OCH3 is 1. The van der Waals surface area contributed by atoms with Crippen molar-refractivity contribution in [3.05, 3.63) is 64.9 Å². The summed E-state index contributed by atoms with van der Waals surface area (Å²) >= 11 is 6.06. The van der Waals surface area contributed by atoms with E-state index >= 15 is 0 Å². The average Bonchev–Trinajstić information content (AvgIpc) is 3.16. The summed E-state index contributed by atoms with van der Waals surface area (Å²) in [6, 6.07) is 12.4. The number of hydrogen-bond acceptors (Lipinski definition) is 6. The van der Waals surface area contributed by atoms with Crippen LogP contribution in [0.25, 0.3) is 5.82 Å². The summed E-state index contributed by atoms with van der Waals surface area (Å²) in [6.07, 6.45) is 3.16. The first-order chi connectivity index (χ1) is 13.2. The number of aromatic nitrogens is 3. The summed E-state index contributed by atoms with van der Waals surface area (Å²) in [5.74, 6) is 1.63. The molecule has 0 aliphatic carbocycles. The van der Waals surface area contributed by atoms with Crippen LogP contribution in [0, 0.1) is 11.3 Å². The first-order valence-electron chi connectivity index (χ1n) is 8.15. The second-order valence-corrected chi connectivity index (χ2v) is 5.91. The van der Waals surface area contributed by atoms with Crippen molar-refractivity contribution in [3.63, 3.8) is 0 Å². The Bertz CT molecular complexity index is 952. The number of nitriles is 1. The van der Waals surface area contributed by atoms with Crippen molar-refractivity contribution in [2.24, 2.45) is 0 Å². The Labute approximate surface area is 161 Å². The summed E-state index contributed by atoms with van der Waals surface area (Å²) in [6.45, 7) is 1.14. The van der Waals surface area contributed by atoms with Gasteiger partial charge in [0.2, 0.25) is 5.88 Å². The van der Waals surface area contributed by atoms with Crippen LogP contribution in [-0.2, 0) is 11.3 Å². The van der Waals surface area contributed by atoms with Crippen LogP contribution >= 0.6 is 11.6 Å². The third-order valence-electron chi connectivity index (χ3n) is 3.65. The maximum atomic E-state index is 9.05. The first-order valence-corrected chi connectivity index (χ1v) is 8.52. The molecule has 1 aromatic carbocycles. The van der Waals surface area contributed by atoms with Gasteiger partial charge in [-0.3, -0.25) is 0 Å². The molecule has 3 aromatic rings. The molecule has 138 valence electrons. The molecule has 3 rings (SSSR count). The first kappa shape index (κ1) is 18.7. The lowest BCUT2D eigenvalue weighted by Crippen LogP contribution is -2.08. The van der Waals surface area contributed by atoms with Crippen molar-refractivity contribution in [2.45, 2.75) is 6.61 Å². The smallest absolute Gasteiger partial charge is 0.218 e. The molecule has 0 saturated carbocycles. The largest absolute Gasteiger partial charge is 0.491 e. The van der Waals surface area contributed by atoms with Crippen LogP contribution in [0.1, 0.15) is 11.1 Å². The molecule has 0 aliphatic heterocycles. The van der Waals surface area contributed by atoms with E-state index in [1.54, 1.807) is 49.8 Å². The summed E-state index contributed by atoms with van der Waals surface area (Å²) in [7, 11) is 1.61. The van der Waals surface area contributed by atoms with Gasteiger partial charge in [-0.2, -0.15) is 15.0 Å². The molecule has 0 radical (unpaired) electrons. The summed E-state index contributed by atoms with van der Waals surface area (Å²) < 4.78 is 18.1. The van der Waals surface area contributed by atoms with E-state index in [0.717, 1.165) is 5.56 Å². The lowest BCUT2D eigenvalue weighted by atomic mass is 10.2. The highest BCUT2D eigenvalue weighted by atomic mass is 35.5. The molecule has 7 nitrogen and oxygen atoms in total. The zero-order chi connectivity index (χ0) is 19.1. The Morgan fingerprint density at radius 2 is 2.00 bits per heavy atom. The number of halogens is 1. The third-order valence-corrected chi connectivity index (χ3v) is 3.88. The molecule has 8 heteroatoms. The van der Waals surface area contributed by atoms with Crippen molar-refractivity contribution in [3.8, 4) is 23.5 Å². The van der Waals surface area contributed by atoms with E-state index in [4.69, 9.17) is 31.1 Å². The van der Waals surface area contributed by atoms with Gasteiger partial charge in [0.15, 0.2) is 5.82 Å². The number of pyridine rings is 1. The van der Waals surface area contributed by atoms with E-state index in [0.29, 0.717) is 41.2 Å². The predicted octanol–water partition coefficient (Wildman–Crippen LogP) is 3.40. The lowest BCUT2D eigenvalue weighted by Gasteiger charge is -2.13. The number of hydrogen-bond donors (Lipinski definition) is 0. The van der Waals surface area contributed by atoms with E-state index in [-0.39, 0.29) is 6.61 Å². The topological polar surface area (TPSA) is 82.2 Å². The zero-order valence-electron chi connectivity index (χ0n) is 14.6. The maximum absolute atomic E-state index is 9.05. The monoisotopic (exact) mass is 384 g/mol. The molecule has 0 spiro atoms. The number of rotatable bonds is 8. The normalized spacial score (nSPS) is 10.4. The van der Waals surface area contributed by atoms with Crippen LogP contribution in [0.2, 0.25) is 5.02 Å². The van der Waals surface area contributed by atoms with Crippen LogP contribution < -0.4 is 9.47 Å². The van der Waals surface area contributed by atoms with Gasteiger partial charge in [-0.25, -0.2) is 4.98 Å². The number of benzene rings is 1. The van der Waals surface area contributed by atoms with E-state index in [2.05, 4.69) is 16.2 Å². The Balaban J connectivity index is 1.77. The molecule has 0 saturated heterocycles. The van der Waals surface area contributed by atoms with E-state index in [1.165, 1.54) is 4.68 Å². The third kappa shape index (κ3) is 4.76. The van der Waals surface area contributed by atoms with Gasteiger partial charge < -0.3 is 14.2 Å². The van der Waals surface area contributed by atoms with Gasteiger partial charge in [0.05, 0.1) is 24.4 Å². The second kappa shape index (κ2) is 9.03. The van der Waals surface area contributed by atoms with Crippen LogP contribution in [0.3, 0.4) is 0 Å². The molecule has 0 unspecified atom stereocenters. The molecule has 2 aromatic heterocycles. The highest BCUT2D eigenvalue weighted by Crippen LogP contribution is 2.25. The average molecular weight is 385 g/mol. The quantitative estimate of drug-likeness (QED) is 0.553. The Morgan fingerprint density at radius 1 is 1.11 bits per heavy atom. The molecule has 0 atom stereocenters. The van der Waals surface area contributed by atoms with Gasteiger partial charge in [-0.1, -0.05) is 17.7 Å². The van der Waals surface area contributed by atoms with Crippen molar-refractivity contribution >= 4 is 11.6 Å². The minimum Gasteiger partial charge on any atom is -0.491 e. The SMILES string of the molecule is COCCOc1cc(Cl)ccc1COc1ccnn1-c1cc(C#N)ccn1. The molecule has 0 fully saturated rings. The Kier molecular flexibility index (Phi) is 6.26. The van der Waals surface area contributed by atoms with E-state index in [9.17, 15) is 0 Å². The molecular formula is C19H17ClN4O3. The minimum atomic E-state index is 0.253. The highest BCUT2D eigenvalue weighted by molar-refractivity contribution is 6.30. The standard InChI is InChI=1S/C19H17ClN4O3/c1-25-8-9-26-17-11-16(20)3-2-15(17)13-27-19-5-7-23-24(19)18-10-14(12-21)4-6-22-18/h2-7,10-11H,8-9,13H2,1H3. The zero-order valence-corrected chi connectivity index (χ0v) is 15.4. The van der Waals surface area contributed by atoms with Crippen LogP contribution in [-0.4, -0.2) is 35.1 Å². The fourth-order valence-electron chi connectivity index (χ4n) is 2.34. The van der Waals surface area contributed by atoms with Gasteiger partial charge in [-0.05, 0) is 18.2 Å². The predicted molar refractivity (Wildman–Crippen MR) is 99.2 cm³/mol. The number of ether oxygens (including phenoxy) is 3. The lowest BCUT2D eigenvalue weighted by molar-refractivity contribution is 0.144. The van der Waals surface area contributed by atoms with Crippen molar-refractivity contribution in [1.29, 1.82) is 5.26 Å². The molecule has 0 aliphatic rings. The van der Waals surface area contributed by atoms with Crippen molar-refractivity contribution in [2.75, 3.05) is 20.3 Å². The fourth-order valence-corrected chi connectivity index (χ4v) is 2.51. The van der Waals surface area contributed by atoms with E-state index < -0.39 is 0 Å². The van der Waals surface area contributed by atoms with E-state index in [1.807, 2.05) is 6.07 Å². The van der Waals surface area contributed by atoms with Crippen molar-refractivity contribution < 1.29 is 14.2 Å². The molecular weight excluding hydrogens is 368 g/mol. The van der Waals surface area contributed by atoms with Crippen LogP contribution in [0.4, 0.5) is 0 Å². The molecule has 2 heterocycles. The Hall–Kier alpha value is -3.08. The van der Waals surface area contributed by atoms with Gasteiger partial charge in [0, 0.05) is 36.0 Å². The molecule has 0 bridgehead atoms. The summed E-state index contributed by atoms with van der Waals surface area (Å²) in [5.41, 5.74) is 1.33. The maximum Gasteiger partial charge on any atom is 0.218 e. The summed E-state index contributed by atoms with van der Waals surface area (Å²) in [5, 5.41) is 13.8. The van der Waals surface area contributed by atoms with Gasteiger partial charge >= 0.3 is 0 Å². The van der Waals surface area contributed by atoms with Crippen LogP contribution in [0.15, 0.2) is 48.8 Å².